The average molecular weight is 316 g/mol. The molecule has 0 heterocycles. The molecule has 0 aromatic heterocycles. The summed E-state index contributed by atoms with van der Waals surface area (Å²) in [7, 11) is 0. The molecule has 23 heavy (non-hydrogen) atoms. The summed E-state index contributed by atoms with van der Waals surface area (Å²) in [5, 5.41) is 11.2. The standard InChI is InChI=1S/C21H32O2/c1-13(22)16-9-10-17-15-8-7-14-6-4-5-11-20(14,2)19(15)18(23)12-21(16,17)3/h7,15-19,23H,4-6,8-12H2,1-3H3/t15?,16-,17?,18?,19?,20+,21-/m1/s1. The first-order chi connectivity index (χ1) is 10.9. The minimum absolute atomic E-state index is 0.0305. The van der Waals surface area contributed by atoms with Crippen LogP contribution in [-0.2, 0) is 4.79 Å². The van der Waals surface area contributed by atoms with Crippen LogP contribution in [0.15, 0.2) is 11.6 Å². The van der Waals surface area contributed by atoms with Gasteiger partial charge in [-0.15, -0.1) is 0 Å². The quantitative estimate of drug-likeness (QED) is 0.722. The molecule has 128 valence electrons. The molecule has 4 rings (SSSR count). The Morgan fingerprint density at radius 2 is 2.04 bits per heavy atom. The van der Waals surface area contributed by atoms with E-state index in [1.807, 2.05) is 0 Å². The molecule has 4 aliphatic carbocycles. The molecule has 7 atom stereocenters. The number of ketones is 1. The highest BCUT2D eigenvalue weighted by atomic mass is 16.3. The molecule has 0 aromatic rings. The molecular weight excluding hydrogens is 284 g/mol. The molecule has 0 saturated heterocycles. The largest absolute Gasteiger partial charge is 0.393 e. The Bertz CT molecular complexity index is 550. The third-order valence-electron chi connectivity index (χ3n) is 8.44. The minimum Gasteiger partial charge on any atom is -0.393 e. The monoisotopic (exact) mass is 316 g/mol. The van der Waals surface area contributed by atoms with Crippen LogP contribution in [0.4, 0.5) is 0 Å². The number of carbonyl (C=O) groups excluding carboxylic acids is 1. The highest BCUT2D eigenvalue weighted by Crippen LogP contribution is 2.66. The molecule has 3 saturated carbocycles. The van der Waals surface area contributed by atoms with Gasteiger partial charge in [-0.25, -0.2) is 0 Å². The Kier molecular flexibility index (Phi) is 3.58. The van der Waals surface area contributed by atoms with Gasteiger partial charge in [0.05, 0.1) is 6.10 Å². The van der Waals surface area contributed by atoms with Gasteiger partial charge >= 0.3 is 0 Å². The van der Waals surface area contributed by atoms with E-state index in [9.17, 15) is 9.90 Å². The van der Waals surface area contributed by atoms with Crippen molar-refractivity contribution in [3.05, 3.63) is 11.6 Å². The van der Waals surface area contributed by atoms with E-state index >= 15 is 0 Å². The van der Waals surface area contributed by atoms with E-state index in [2.05, 4.69) is 19.9 Å². The number of hydrogen-bond donors (Lipinski definition) is 1. The normalized spacial score (nSPS) is 52.2. The molecule has 0 bridgehead atoms. The summed E-state index contributed by atoms with van der Waals surface area (Å²) < 4.78 is 0. The van der Waals surface area contributed by atoms with Crippen LogP contribution >= 0.6 is 0 Å². The molecule has 0 radical (unpaired) electrons. The summed E-state index contributed by atoms with van der Waals surface area (Å²) >= 11 is 0. The van der Waals surface area contributed by atoms with Crippen LogP contribution in [0, 0.1) is 34.5 Å². The van der Waals surface area contributed by atoms with Crippen molar-refractivity contribution in [1.29, 1.82) is 0 Å². The Labute approximate surface area is 140 Å². The second kappa shape index (κ2) is 5.18. The third-order valence-corrected chi connectivity index (χ3v) is 8.44. The topological polar surface area (TPSA) is 37.3 Å². The fourth-order valence-corrected chi connectivity index (χ4v) is 7.50. The van der Waals surface area contributed by atoms with Gasteiger partial charge in [0, 0.05) is 5.92 Å². The molecular formula is C21H32O2. The zero-order valence-corrected chi connectivity index (χ0v) is 15.0. The molecule has 2 heteroatoms. The van der Waals surface area contributed by atoms with E-state index < -0.39 is 0 Å². The molecule has 2 nitrogen and oxygen atoms in total. The lowest BCUT2D eigenvalue weighted by Crippen LogP contribution is -2.56. The van der Waals surface area contributed by atoms with E-state index in [1.54, 1.807) is 12.5 Å². The van der Waals surface area contributed by atoms with E-state index in [-0.39, 0.29) is 22.9 Å². The smallest absolute Gasteiger partial charge is 0.133 e. The Hall–Kier alpha value is -0.630. The van der Waals surface area contributed by atoms with E-state index in [0.717, 1.165) is 19.3 Å². The summed E-state index contributed by atoms with van der Waals surface area (Å²) in [5.41, 5.74) is 1.88. The SMILES string of the molecule is CC(=O)[C@H]1CCC2C3CC=C4CCCC[C@]4(C)C3C(O)C[C@@]21C. The lowest BCUT2D eigenvalue weighted by Gasteiger charge is -2.59. The first-order valence-corrected chi connectivity index (χ1v) is 9.76. The summed E-state index contributed by atoms with van der Waals surface area (Å²) in [5.74, 6) is 2.15. The minimum atomic E-state index is -0.229. The molecule has 4 aliphatic rings. The van der Waals surface area contributed by atoms with Gasteiger partial charge in [-0.2, -0.15) is 0 Å². The maximum absolute atomic E-state index is 12.2. The first kappa shape index (κ1) is 15.9. The molecule has 0 amide bonds. The maximum atomic E-state index is 12.2. The van der Waals surface area contributed by atoms with E-state index in [4.69, 9.17) is 0 Å². The highest BCUT2D eigenvalue weighted by molar-refractivity contribution is 5.79. The maximum Gasteiger partial charge on any atom is 0.133 e. The fraction of sp³-hybridized carbons (Fsp3) is 0.857. The number of allylic oxidation sites excluding steroid dienone is 2. The molecule has 0 spiro atoms. The lowest BCUT2D eigenvalue weighted by atomic mass is 9.46. The van der Waals surface area contributed by atoms with Crippen molar-refractivity contribution >= 4 is 5.78 Å². The van der Waals surface area contributed by atoms with Crippen molar-refractivity contribution in [1.82, 2.24) is 0 Å². The zero-order chi connectivity index (χ0) is 16.4. The highest BCUT2D eigenvalue weighted by Gasteiger charge is 2.61. The molecule has 0 aromatic carbocycles. The van der Waals surface area contributed by atoms with Crippen LogP contribution in [-0.4, -0.2) is 17.0 Å². The molecule has 4 unspecified atom stereocenters. The average Bonchev–Trinajstić information content (AvgIpc) is 2.82. The summed E-state index contributed by atoms with van der Waals surface area (Å²) in [6.07, 6.45) is 11.6. The first-order valence-electron chi connectivity index (χ1n) is 9.76. The van der Waals surface area contributed by atoms with E-state index in [0.29, 0.717) is 23.5 Å². The Morgan fingerprint density at radius 3 is 2.78 bits per heavy atom. The van der Waals surface area contributed by atoms with Crippen molar-refractivity contribution in [2.45, 2.75) is 78.2 Å². The van der Waals surface area contributed by atoms with Crippen LogP contribution in [0.1, 0.15) is 72.1 Å². The third kappa shape index (κ3) is 2.06. The van der Waals surface area contributed by atoms with Gasteiger partial charge in [0.25, 0.3) is 0 Å². The molecule has 0 aliphatic heterocycles. The number of carbonyl (C=O) groups is 1. The summed E-state index contributed by atoms with van der Waals surface area (Å²) in [4.78, 5) is 12.2. The number of aliphatic hydroxyl groups is 1. The van der Waals surface area contributed by atoms with Crippen LogP contribution < -0.4 is 0 Å². The number of rotatable bonds is 1. The van der Waals surface area contributed by atoms with Crippen LogP contribution in [0.5, 0.6) is 0 Å². The second-order valence-electron chi connectivity index (χ2n) is 9.40. The van der Waals surface area contributed by atoms with Gasteiger partial charge in [-0.3, -0.25) is 4.79 Å². The number of aliphatic hydroxyl groups excluding tert-OH is 1. The second-order valence-corrected chi connectivity index (χ2v) is 9.40. The molecule has 1 N–H and O–H groups in total. The number of fused-ring (bicyclic) bond motifs is 5. The van der Waals surface area contributed by atoms with Crippen LogP contribution in [0.25, 0.3) is 0 Å². The van der Waals surface area contributed by atoms with Gasteiger partial charge in [0.1, 0.15) is 5.78 Å². The lowest BCUT2D eigenvalue weighted by molar-refractivity contribution is -0.138. The van der Waals surface area contributed by atoms with Gasteiger partial charge < -0.3 is 5.11 Å². The van der Waals surface area contributed by atoms with Crippen molar-refractivity contribution in [2.75, 3.05) is 0 Å². The van der Waals surface area contributed by atoms with Crippen LogP contribution in [0.2, 0.25) is 0 Å². The van der Waals surface area contributed by atoms with Gasteiger partial charge in [0.15, 0.2) is 0 Å². The number of hydrogen-bond acceptors (Lipinski definition) is 2. The number of Topliss-reactive ketones (excluding diaryl/α,β-unsaturated/α-hetero) is 1. The van der Waals surface area contributed by atoms with Crippen molar-refractivity contribution in [3.63, 3.8) is 0 Å². The zero-order valence-electron chi connectivity index (χ0n) is 15.0. The van der Waals surface area contributed by atoms with Gasteiger partial charge in [-0.05, 0) is 80.5 Å². The van der Waals surface area contributed by atoms with Gasteiger partial charge in [-0.1, -0.05) is 31.9 Å². The Morgan fingerprint density at radius 1 is 1.26 bits per heavy atom. The summed E-state index contributed by atoms with van der Waals surface area (Å²) in [6, 6.07) is 0. The van der Waals surface area contributed by atoms with Crippen molar-refractivity contribution in [3.8, 4) is 0 Å². The Balaban J connectivity index is 1.73. The predicted molar refractivity (Wildman–Crippen MR) is 91.9 cm³/mol. The fourth-order valence-electron chi connectivity index (χ4n) is 7.50. The molecule has 3 fully saturated rings. The van der Waals surface area contributed by atoms with Crippen molar-refractivity contribution < 1.29 is 9.90 Å². The summed E-state index contributed by atoms with van der Waals surface area (Å²) in [6.45, 7) is 6.49. The van der Waals surface area contributed by atoms with Gasteiger partial charge in [0.2, 0.25) is 0 Å². The predicted octanol–water partition coefficient (Wildman–Crippen LogP) is 4.52. The van der Waals surface area contributed by atoms with Crippen LogP contribution in [0.3, 0.4) is 0 Å². The van der Waals surface area contributed by atoms with Crippen molar-refractivity contribution in [2.24, 2.45) is 34.5 Å². The van der Waals surface area contributed by atoms with E-state index in [1.165, 1.54) is 32.1 Å².